The molecular weight excluding hydrogens is 348 g/mol. The summed E-state index contributed by atoms with van der Waals surface area (Å²) in [6.45, 7) is 6.90. The molecule has 27 heavy (non-hydrogen) atoms. The molecule has 2 aromatic rings. The smallest absolute Gasteiger partial charge is 0.336 e. The van der Waals surface area contributed by atoms with Crippen LogP contribution in [0.1, 0.15) is 38.1 Å². The van der Waals surface area contributed by atoms with Gasteiger partial charge in [-0.05, 0) is 39.8 Å². The predicted molar refractivity (Wildman–Crippen MR) is 103 cm³/mol. The zero-order valence-corrected chi connectivity index (χ0v) is 16.3. The Morgan fingerprint density at radius 3 is 2.15 bits per heavy atom. The highest BCUT2D eigenvalue weighted by Crippen LogP contribution is 2.37. The first kappa shape index (κ1) is 20.2. The number of Topliss-reactive ketones (excluding diaryl/α,β-unsaturated/α-hetero) is 1. The maximum Gasteiger partial charge on any atom is 0.336 e. The number of hydrogen-bond donors (Lipinski definition) is 0. The molecule has 1 aromatic carbocycles. The summed E-state index contributed by atoms with van der Waals surface area (Å²) >= 11 is 0. The molecular formula is C21H22O6. The Morgan fingerprint density at radius 2 is 1.63 bits per heavy atom. The fourth-order valence-corrected chi connectivity index (χ4v) is 2.77. The van der Waals surface area contributed by atoms with Crippen LogP contribution in [0, 0.1) is 0 Å². The first-order valence-electron chi connectivity index (χ1n) is 8.31. The number of methoxy groups -OCH3 is 2. The average Bonchev–Trinajstić information content (AvgIpc) is 2.58. The monoisotopic (exact) mass is 370 g/mol. The number of ether oxygens (including phenoxy) is 2. The predicted octanol–water partition coefficient (Wildman–Crippen LogP) is 3.86. The number of benzene rings is 1. The first-order chi connectivity index (χ1) is 12.7. The van der Waals surface area contributed by atoms with Gasteiger partial charge in [-0.15, -0.1) is 0 Å². The Labute approximate surface area is 157 Å². The lowest BCUT2D eigenvalue weighted by atomic mass is 9.93. The molecule has 0 radical (unpaired) electrons. The standard InChI is InChI=1S/C21H22O6/c1-11(2)9-14(22)18(12(3)4)20(24)19-16(26-6)10-15(25-5)13-7-8-17(23)27-21(13)19/h7-10H,1-6H3. The van der Waals surface area contributed by atoms with Gasteiger partial charge in [0, 0.05) is 12.1 Å². The molecule has 6 nitrogen and oxygen atoms in total. The van der Waals surface area contributed by atoms with Crippen molar-refractivity contribution in [3.63, 3.8) is 0 Å². The molecule has 0 unspecified atom stereocenters. The molecule has 0 bridgehead atoms. The van der Waals surface area contributed by atoms with Gasteiger partial charge >= 0.3 is 5.63 Å². The van der Waals surface area contributed by atoms with Crippen molar-refractivity contribution >= 4 is 22.5 Å². The number of rotatable bonds is 6. The van der Waals surface area contributed by atoms with Gasteiger partial charge in [-0.25, -0.2) is 4.79 Å². The van der Waals surface area contributed by atoms with Crippen LogP contribution >= 0.6 is 0 Å². The van der Waals surface area contributed by atoms with Crippen LogP contribution in [-0.4, -0.2) is 25.8 Å². The topological polar surface area (TPSA) is 82.8 Å². The molecule has 0 saturated carbocycles. The molecule has 1 heterocycles. The van der Waals surface area contributed by atoms with E-state index in [1.54, 1.807) is 27.7 Å². The van der Waals surface area contributed by atoms with Crippen molar-refractivity contribution in [2.45, 2.75) is 27.7 Å². The number of hydrogen-bond acceptors (Lipinski definition) is 6. The molecule has 6 heteroatoms. The van der Waals surface area contributed by atoms with E-state index in [4.69, 9.17) is 13.9 Å². The molecule has 1 aromatic heterocycles. The van der Waals surface area contributed by atoms with E-state index in [2.05, 4.69) is 0 Å². The maximum absolute atomic E-state index is 13.3. The quantitative estimate of drug-likeness (QED) is 0.252. The number of carbonyl (C=O) groups is 2. The maximum atomic E-state index is 13.3. The highest BCUT2D eigenvalue weighted by molar-refractivity contribution is 6.32. The van der Waals surface area contributed by atoms with Crippen LogP contribution in [0.3, 0.4) is 0 Å². The fourth-order valence-electron chi connectivity index (χ4n) is 2.77. The molecule has 142 valence electrons. The van der Waals surface area contributed by atoms with E-state index in [1.807, 2.05) is 0 Å². The van der Waals surface area contributed by atoms with Gasteiger partial charge in [-0.2, -0.15) is 0 Å². The lowest BCUT2D eigenvalue weighted by Gasteiger charge is -2.14. The molecule has 2 rings (SSSR count). The van der Waals surface area contributed by atoms with E-state index in [0.29, 0.717) is 16.7 Å². The molecule has 0 atom stereocenters. The minimum atomic E-state index is -0.624. The summed E-state index contributed by atoms with van der Waals surface area (Å²) in [5.74, 6) is -0.445. The Hall–Kier alpha value is -3.15. The van der Waals surface area contributed by atoms with Crippen molar-refractivity contribution in [2.75, 3.05) is 14.2 Å². The fraction of sp³-hybridized carbons (Fsp3) is 0.286. The molecule has 0 aliphatic carbocycles. The van der Waals surface area contributed by atoms with Crippen LogP contribution in [0.15, 0.2) is 50.2 Å². The van der Waals surface area contributed by atoms with Crippen LogP contribution in [0.25, 0.3) is 11.0 Å². The lowest BCUT2D eigenvalue weighted by molar-refractivity contribution is -0.111. The van der Waals surface area contributed by atoms with Crippen LogP contribution < -0.4 is 15.1 Å². The number of fused-ring (bicyclic) bond motifs is 1. The summed E-state index contributed by atoms with van der Waals surface area (Å²) in [5, 5.41) is 0.434. The van der Waals surface area contributed by atoms with E-state index in [9.17, 15) is 14.4 Å². The summed E-state index contributed by atoms with van der Waals surface area (Å²) < 4.78 is 16.0. The SMILES string of the molecule is COc1cc(OC)c2ccc(=O)oc2c1C(=O)C(C(=O)C=C(C)C)=C(C)C. The Morgan fingerprint density at radius 1 is 1.00 bits per heavy atom. The van der Waals surface area contributed by atoms with Crippen molar-refractivity contribution in [3.8, 4) is 11.5 Å². The average molecular weight is 370 g/mol. The van der Waals surface area contributed by atoms with E-state index in [0.717, 1.165) is 5.57 Å². The van der Waals surface area contributed by atoms with E-state index in [1.165, 1.54) is 38.5 Å². The largest absolute Gasteiger partial charge is 0.496 e. The van der Waals surface area contributed by atoms with E-state index >= 15 is 0 Å². The van der Waals surface area contributed by atoms with Gasteiger partial charge < -0.3 is 13.9 Å². The highest BCUT2D eigenvalue weighted by Gasteiger charge is 2.28. The van der Waals surface area contributed by atoms with Gasteiger partial charge in [-0.3, -0.25) is 9.59 Å². The Kier molecular flexibility index (Phi) is 6.00. The van der Waals surface area contributed by atoms with E-state index in [-0.39, 0.29) is 22.5 Å². The van der Waals surface area contributed by atoms with Gasteiger partial charge in [0.15, 0.2) is 11.4 Å². The molecule has 0 fully saturated rings. The zero-order chi connectivity index (χ0) is 20.3. The summed E-state index contributed by atoms with van der Waals surface area (Å²) in [6, 6.07) is 4.28. The summed E-state index contributed by atoms with van der Waals surface area (Å²) in [4.78, 5) is 37.7. The van der Waals surface area contributed by atoms with Crippen molar-refractivity contribution in [3.05, 3.63) is 57.0 Å². The summed E-state index contributed by atoms with van der Waals surface area (Å²) in [7, 11) is 2.85. The molecule has 0 spiro atoms. The summed E-state index contributed by atoms with van der Waals surface area (Å²) in [6.07, 6.45) is 1.40. The van der Waals surface area contributed by atoms with Gasteiger partial charge in [-0.1, -0.05) is 11.1 Å². The lowest BCUT2D eigenvalue weighted by Crippen LogP contribution is -2.16. The van der Waals surface area contributed by atoms with Gasteiger partial charge in [0.25, 0.3) is 0 Å². The molecule has 0 aliphatic heterocycles. The minimum absolute atomic E-state index is 0.00692. The van der Waals surface area contributed by atoms with Crippen molar-refractivity contribution < 1.29 is 23.5 Å². The third-order valence-corrected chi connectivity index (χ3v) is 3.89. The van der Waals surface area contributed by atoms with Gasteiger partial charge in [0.1, 0.15) is 17.1 Å². The second-order valence-electron chi connectivity index (χ2n) is 6.44. The van der Waals surface area contributed by atoms with Crippen molar-refractivity contribution in [1.82, 2.24) is 0 Å². The van der Waals surface area contributed by atoms with Crippen LogP contribution in [0.2, 0.25) is 0 Å². The third kappa shape index (κ3) is 4.00. The third-order valence-electron chi connectivity index (χ3n) is 3.89. The molecule has 0 N–H and O–H groups in total. The van der Waals surface area contributed by atoms with Gasteiger partial charge in [0.2, 0.25) is 5.78 Å². The Bertz CT molecular complexity index is 1030. The second kappa shape index (κ2) is 8.03. The zero-order valence-electron chi connectivity index (χ0n) is 16.3. The summed E-state index contributed by atoms with van der Waals surface area (Å²) in [5.41, 5.74) is 0.732. The molecule has 0 amide bonds. The Balaban J connectivity index is 2.87. The van der Waals surface area contributed by atoms with E-state index < -0.39 is 17.2 Å². The van der Waals surface area contributed by atoms with Crippen LogP contribution in [0.5, 0.6) is 11.5 Å². The molecule has 0 aliphatic rings. The van der Waals surface area contributed by atoms with Crippen molar-refractivity contribution in [2.24, 2.45) is 0 Å². The van der Waals surface area contributed by atoms with Crippen LogP contribution in [-0.2, 0) is 4.79 Å². The molecule has 0 saturated heterocycles. The normalized spacial score (nSPS) is 10.3. The number of carbonyl (C=O) groups excluding carboxylic acids is 2. The minimum Gasteiger partial charge on any atom is -0.496 e. The number of allylic oxidation sites excluding steroid dienone is 4. The second-order valence-corrected chi connectivity index (χ2v) is 6.44. The van der Waals surface area contributed by atoms with Crippen LogP contribution in [0.4, 0.5) is 0 Å². The van der Waals surface area contributed by atoms with Crippen molar-refractivity contribution in [1.29, 1.82) is 0 Å². The number of ketones is 2. The van der Waals surface area contributed by atoms with Gasteiger partial charge in [0.05, 0.1) is 25.2 Å². The first-order valence-corrected chi connectivity index (χ1v) is 8.31. The highest BCUT2D eigenvalue weighted by atomic mass is 16.5.